The maximum atomic E-state index is 13.1. The first-order valence-corrected chi connectivity index (χ1v) is 10.5. The number of carbonyl (C=O) groups is 4. The second kappa shape index (κ2) is 7.75. The fraction of sp³-hybridized carbons (Fsp3) is 0.280. The molecule has 7 nitrogen and oxygen atoms in total. The van der Waals surface area contributed by atoms with Crippen LogP contribution in [0.1, 0.15) is 27.1 Å². The topological polar surface area (TPSA) is 90.0 Å². The van der Waals surface area contributed by atoms with E-state index in [1.165, 1.54) is 13.2 Å². The van der Waals surface area contributed by atoms with Crippen LogP contribution in [0.5, 0.6) is 5.75 Å². The zero-order valence-electron chi connectivity index (χ0n) is 17.4. The van der Waals surface area contributed by atoms with Crippen molar-refractivity contribution in [3.8, 4) is 5.75 Å². The van der Waals surface area contributed by atoms with Crippen molar-refractivity contribution in [2.45, 2.75) is 6.42 Å². The molecule has 0 radical (unpaired) electrons. The Labute approximate surface area is 184 Å². The molecule has 3 aliphatic rings. The molecule has 1 heterocycles. The van der Waals surface area contributed by atoms with Crippen LogP contribution in [0.3, 0.4) is 0 Å². The number of hydrogen-bond acceptors (Lipinski definition) is 6. The van der Waals surface area contributed by atoms with Crippen LogP contribution in [0.2, 0.25) is 0 Å². The molecule has 32 heavy (non-hydrogen) atoms. The van der Waals surface area contributed by atoms with Gasteiger partial charge in [0, 0.05) is 5.56 Å². The zero-order chi connectivity index (χ0) is 22.4. The molecule has 2 aromatic carbocycles. The number of methoxy groups -OCH3 is 1. The third-order valence-corrected chi connectivity index (χ3v) is 6.58. The number of anilines is 1. The molecular weight excluding hydrogens is 410 g/mol. The monoisotopic (exact) mass is 431 g/mol. The third kappa shape index (κ3) is 3.12. The molecule has 162 valence electrons. The molecule has 2 aromatic rings. The number of ketones is 1. The normalized spacial score (nSPS) is 25.2. The highest BCUT2D eigenvalue weighted by Gasteiger charge is 2.59. The number of rotatable bonds is 6. The number of carbonyl (C=O) groups excluding carboxylic acids is 4. The summed E-state index contributed by atoms with van der Waals surface area (Å²) in [6.07, 6.45) is 4.87. The van der Waals surface area contributed by atoms with E-state index in [1.54, 1.807) is 42.5 Å². The number of esters is 1. The number of allylic oxidation sites excluding steroid dienone is 2. The van der Waals surface area contributed by atoms with Crippen molar-refractivity contribution >= 4 is 29.3 Å². The van der Waals surface area contributed by atoms with Crippen LogP contribution < -0.4 is 9.64 Å². The van der Waals surface area contributed by atoms with Gasteiger partial charge in [0.1, 0.15) is 5.75 Å². The molecule has 2 aliphatic carbocycles. The van der Waals surface area contributed by atoms with E-state index in [4.69, 9.17) is 9.47 Å². The average Bonchev–Trinajstić information content (AvgIpc) is 3.51. The van der Waals surface area contributed by atoms with Crippen LogP contribution >= 0.6 is 0 Å². The first-order valence-electron chi connectivity index (χ1n) is 10.5. The maximum Gasteiger partial charge on any atom is 0.340 e. The quantitative estimate of drug-likeness (QED) is 0.302. The van der Waals surface area contributed by atoms with Crippen molar-refractivity contribution in [1.82, 2.24) is 0 Å². The van der Waals surface area contributed by atoms with Crippen molar-refractivity contribution in [2.24, 2.45) is 23.7 Å². The van der Waals surface area contributed by atoms with E-state index in [-0.39, 0.29) is 52.5 Å². The lowest BCUT2D eigenvalue weighted by Gasteiger charge is -2.19. The first kappa shape index (κ1) is 20.2. The number of amides is 2. The van der Waals surface area contributed by atoms with E-state index in [2.05, 4.69) is 0 Å². The van der Waals surface area contributed by atoms with Gasteiger partial charge in [-0.05, 0) is 54.7 Å². The number of fused-ring (bicyclic) bond motifs is 5. The Morgan fingerprint density at radius 2 is 1.56 bits per heavy atom. The van der Waals surface area contributed by atoms with Gasteiger partial charge in [-0.25, -0.2) is 9.69 Å². The molecule has 0 spiro atoms. The summed E-state index contributed by atoms with van der Waals surface area (Å²) in [4.78, 5) is 52.6. The van der Waals surface area contributed by atoms with E-state index in [0.717, 1.165) is 11.3 Å². The van der Waals surface area contributed by atoms with Gasteiger partial charge in [-0.3, -0.25) is 14.4 Å². The molecule has 0 unspecified atom stereocenters. The van der Waals surface area contributed by atoms with Crippen LogP contribution in [-0.2, 0) is 14.3 Å². The van der Waals surface area contributed by atoms with Crippen LogP contribution in [-0.4, -0.2) is 37.3 Å². The van der Waals surface area contributed by atoms with Crippen LogP contribution in [0.25, 0.3) is 0 Å². The number of hydrogen-bond donors (Lipinski definition) is 0. The minimum absolute atomic E-state index is 0.0766. The molecule has 2 amide bonds. The van der Waals surface area contributed by atoms with E-state index in [0.29, 0.717) is 11.3 Å². The number of imide groups is 1. The van der Waals surface area contributed by atoms with Gasteiger partial charge in [-0.2, -0.15) is 0 Å². The average molecular weight is 431 g/mol. The second-order valence-electron chi connectivity index (χ2n) is 8.26. The van der Waals surface area contributed by atoms with Gasteiger partial charge < -0.3 is 9.47 Å². The molecule has 2 bridgehead atoms. The Balaban J connectivity index is 1.33. The minimum atomic E-state index is -0.763. The molecule has 1 saturated heterocycles. The van der Waals surface area contributed by atoms with E-state index in [9.17, 15) is 19.2 Å². The maximum absolute atomic E-state index is 13.1. The first-order chi connectivity index (χ1) is 15.5. The summed E-state index contributed by atoms with van der Waals surface area (Å²) in [5.74, 6) is -1.64. The summed E-state index contributed by atoms with van der Waals surface area (Å²) in [5.41, 5.74) is 0.669. The van der Waals surface area contributed by atoms with Crippen molar-refractivity contribution in [1.29, 1.82) is 0 Å². The lowest BCUT2D eigenvalue weighted by atomic mass is 9.85. The summed E-state index contributed by atoms with van der Waals surface area (Å²) in [7, 11) is 1.53. The van der Waals surface area contributed by atoms with Gasteiger partial charge in [0.15, 0.2) is 12.4 Å². The Kier molecular flexibility index (Phi) is 4.89. The van der Waals surface area contributed by atoms with Gasteiger partial charge in [-0.15, -0.1) is 0 Å². The summed E-state index contributed by atoms with van der Waals surface area (Å²) in [6.45, 7) is -0.458. The fourth-order valence-corrected chi connectivity index (χ4v) is 5.05. The molecule has 0 N–H and O–H groups in total. The third-order valence-electron chi connectivity index (χ3n) is 6.58. The fourth-order valence-electron chi connectivity index (χ4n) is 5.05. The van der Waals surface area contributed by atoms with Gasteiger partial charge in [0.05, 0.1) is 30.2 Å². The Hall–Kier alpha value is -3.74. The van der Waals surface area contributed by atoms with Gasteiger partial charge in [-0.1, -0.05) is 24.3 Å². The number of benzene rings is 2. The number of ether oxygens (including phenoxy) is 2. The van der Waals surface area contributed by atoms with Gasteiger partial charge in [0.2, 0.25) is 11.8 Å². The Bertz CT molecular complexity index is 1120. The number of Topliss-reactive ketones (excluding diaryl/α,β-unsaturated/α-hetero) is 1. The van der Waals surface area contributed by atoms with Crippen molar-refractivity contribution < 1.29 is 28.7 Å². The predicted octanol–water partition coefficient (Wildman–Crippen LogP) is 3.05. The summed E-state index contributed by atoms with van der Waals surface area (Å²) >= 11 is 0. The summed E-state index contributed by atoms with van der Waals surface area (Å²) < 4.78 is 10.3. The molecule has 7 heteroatoms. The van der Waals surface area contributed by atoms with Crippen LogP contribution in [0.4, 0.5) is 5.69 Å². The smallest absolute Gasteiger partial charge is 0.340 e. The van der Waals surface area contributed by atoms with Crippen LogP contribution in [0.15, 0.2) is 60.7 Å². The second-order valence-corrected chi connectivity index (χ2v) is 8.26. The molecule has 4 atom stereocenters. The van der Waals surface area contributed by atoms with Crippen molar-refractivity contribution in [3.05, 3.63) is 71.8 Å². The van der Waals surface area contributed by atoms with Crippen molar-refractivity contribution in [2.75, 3.05) is 18.6 Å². The van der Waals surface area contributed by atoms with Gasteiger partial charge in [0.25, 0.3) is 0 Å². The molecular formula is C25H21NO6. The number of nitrogens with zero attached hydrogens (tertiary/aromatic N) is 1. The lowest BCUT2D eigenvalue weighted by Crippen LogP contribution is -2.34. The lowest BCUT2D eigenvalue weighted by molar-refractivity contribution is -0.123. The Morgan fingerprint density at radius 3 is 2.19 bits per heavy atom. The SMILES string of the molecule is COc1ccc(C(=O)COC(=O)c2ccccc2N2C(=O)[C@@H]3[C@@H](C2=O)[C@@H]2C=C[C@@H]3C2)cc1. The highest BCUT2D eigenvalue weighted by atomic mass is 16.5. The molecule has 0 aromatic heterocycles. The van der Waals surface area contributed by atoms with Crippen LogP contribution in [0, 0.1) is 23.7 Å². The number of para-hydroxylation sites is 1. The molecule has 1 saturated carbocycles. The van der Waals surface area contributed by atoms with E-state index >= 15 is 0 Å². The molecule has 2 fully saturated rings. The predicted molar refractivity (Wildman–Crippen MR) is 114 cm³/mol. The largest absolute Gasteiger partial charge is 0.497 e. The highest BCUT2D eigenvalue weighted by Crippen LogP contribution is 2.53. The standard InChI is InChI=1S/C25H21NO6/c1-31-17-10-8-14(9-11-17)20(27)13-32-25(30)18-4-2-3-5-19(18)26-23(28)21-15-6-7-16(12-15)22(21)24(26)29/h2-11,15-16,21-22H,12-13H2,1H3/t15-,16-,21+,22+/m1/s1. The molecule has 1 aliphatic heterocycles. The zero-order valence-corrected chi connectivity index (χ0v) is 17.4. The summed E-state index contributed by atoms with van der Waals surface area (Å²) in [5, 5.41) is 0. The van der Waals surface area contributed by atoms with Crippen molar-refractivity contribution in [3.63, 3.8) is 0 Å². The Morgan fingerprint density at radius 1 is 0.938 bits per heavy atom. The molecule has 5 rings (SSSR count). The highest BCUT2D eigenvalue weighted by molar-refractivity contribution is 6.24. The minimum Gasteiger partial charge on any atom is -0.497 e. The van der Waals surface area contributed by atoms with E-state index < -0.39 is 12.6 Å². The van der Waals surface area contributed by atoms with E-state index in [1.807, 2.05) is 12.2 Å². The summed E-state index contributed by atoms with van der Waals surface area (Å²) in [6, 6.07) is 12.8. The van der Waals surface area contributed by atoms with Gasteiger partial charge >= 0.3 is 5.97 Å².